The Balaban J connectivity index is 4.54. The molecule has 0 rings (SSSR count). The maximum Gasteiger partial charge on any atom is 0.124 e. The summed E-state index contributed by atoms with van der Waals surface area (Å²) < 4.78 is 0. The van der Waals surface area contributed by atoms with Crippen LogP contribution in [-0.4, -0.2) is 24.1 Å². The summed E-state index contributed by atoms with van der Waals surface area (Å²) >= 11 is 0. The first-order valence-electron chi connectivity index (χ1n) is 5.10. The molecule has 0 aliphatic heterocycles. The summed E-state index contributed by atoms with van der Waals surface area (Å²) in [5.41, 5.74) is 1.28. The largest absolute Gasteiger partial charge is 0.255 e. The molecular formula is C11H21N3. The van der Waals surface area contributed by atoms with E-state index in [1.807, 2.05) is 20.2 Å². The molecule has 0 aromatic rings. The lowest BCUT2D eigenvalue weighted by atomic mass is 10.3. The Hall–Kier alpha value is -1.12. The van der Waals surface area contributed by atoms with Gasteiger partial charge in [0.1, 0.15) is 5.84 Å². The molecule has 3 nitrogen and oxygen atoms in total. The standard InChI is InChI=1S/C11H21N3/c1-6-10(4)9-12-11(7-2)14(5)13-8-3/h8-9H,6-7H2,1-5H3/b10-9-,12-11?,13-8-. The van der Waals surface area contributed by atoms with Gasteiger partial charge in [-0.25, -0.2) is 4.99 Å². The van der Waals surface area contributed by atoms with Crippen LogP contribution >= 0.6 is 0 Å². The van der Waals surface area contributed by atoms with Gasteiger partial charge >= 0.3 is 0 Å². The minimum absolute atomic E-state index is 0.890. The van der Waals surface area contributed by atoms with E-state index in [0.29, 0.717) is 0 Å². The Kier molecular flexibility index (Phi) is 6.72. The van der Waals surface area contributed by atoms with Crippen LogP contribution in [0.3, 0.4) is 0 Å². The summed E-state index contributed by atoms with van der Waals surface area (Å²) in [5, 5.41) is 5.95. The molecule has 0 saturated heterocycles. The molecule has 0 unspecified atom stereocenters. The normalized spacial score (nSPS) is 13.8. The Morgan fingerprint density at radius 2 is 1.93 bits per heavy atom. The highest BCUT2D eigenvalue weighted by atomic mass is 15.5. The zero-order valence-electron chi connectivity index (χ0n) is 9.91. The van der Waals surface area contributed by atoms with Gasteiger partial charge in [0.25, 0.3) is 0 Å². The number of hydrazone groups is 1. The predicted molar refractivity (Wildman–Crippen MR) is 63.7 cm³/mol. The molecule has 0 heterocycles. The van der Waals surface area contributed by atoms with Crippen LogP contribution in [0.2, 0.25) is 0 Å². The third-order valence-electron chi connectivity index (χ3n) is 1.97. The van der Waals surface area contributed by atoms with Crippen molar-refractivity contribution < 1.29 is 0 Å². The average molecular weight is 195 g/mol. The Morgan fingerprint density at radius 1 is 1.29 bits per heavy atom. The minimum Gasteiger partial charge on any atom is -0.255 e. The molecule has 0 aliphatic rings. The van der Waals surface area contributed by atoms with E-state index < -0.39 is 0 Å². The van der Waals surface area contributed by atoms with E-state index in [2.05, 4.69) is 30.9 Å². The van der Waals surface area contributed by atoms with Crippen LogP contribution in [0.15, 0.2) is 21.9 Å². The molecule has 3 heteroatoms. The third kappa shape index (κ3) is 4.80. The predicted octanol–water partition coefficient (Wildman–Crippen LogP) is 3.05. The van der Waals surface area contributed by atoms with Gasteiger partial charge in [-0.3, -0.25) is 5.01 Å². The number of hydrogen-bond acceptors (Lipinski definition) is 2. The maximum absolute atomic E-state index is 4.40. The van der Waals surface area contributed by atoms with E-state index in [1.54, 1.807) is 11.2 Å². The van der Waals surface area contributed by atoms with Gasteiger partial charge in [-0.15, -0.1) is 0 Å². The minimum atomic E-state index is 0.890. The van der Waals surface area contributed by atoms with Crippen LogP contribution in [0.25, 0.3) is 0 Å². The van der Waals surface area contributed by atoms with Crippen molar-refractivity contribution in [2.45, 2.75) is 40.5 Å². The van der Waals surface area contributed by atoms with E-state index in [-0.39, 0.29) is 0 Å². The molecule has 0 bridgehead atoms. The number of nitrogens with zero attached hydrogens (tertiary/aromatic N) is 3. The van der Waals surface area contributed by atoms with Crippen LogP contribution in [-0.2, 0) is 0 Å². The van der Waals surface area contributed by atoms with Gasteiger partial charge in [-0.1, -0.05) is 19.4 Å². The van der Waals surface area contributed by atoms with Crippen molar-refractivity contribution >= 4 is 12.1 Å². The van der Waals surface area contributed by atoms with Gasteiger partial charge < -0.3 is 0 Å². The molecule has 0 aliphatic carbocycles. The molecule has 14 heavy (non-hydrogen) atoms. The molecule has 0 aromatic heterocycles. The topological polar surface area (TPSA) is 28.0 Å². The summed E-state index contributed by atoms with van der Waals surface area (Å²) in [4.78, 5) is 4.40. The summed E-state index contributed by atoms with van der Waals surface area (Å²) in [6.45, 7) is 8.19. The van der Waals surface area contributed by atoms with Crippen LogP contribution in [0.4, 0.5) is 0 Å². The lowest BCUT2D eigenvalue weighted by Crippen LogP contribution is -2.19. The van der Waals surface area contributed by atoms with Gasteiger partial charge in [-0.05, 0) is 20.3 Å². The third-order valence-corrected chi connectivity index (χ3v) is 1.97. The number of allylic oxidation sites excluding steroid dienone is 1. The van der Waals surface area contributed by atoms with E-state index in [9.17, 15) is 0 Å². The van der Waals surface area contributed by atoms with Crippen molar-refractivity contribution in [3.8, 4) is 0 Å². The lowest BCUT2D eigenvalue weighted by Gasteiger charge is -2.13. The summed E-state index contributed by atoms with van der Waals surface area (Å²) in [6.07, 6.45) is 5.62. The van der Waals surface area contributed by atoms with Crippen molar-refractivity contribution in [1.29, 1.82) is 0 Å². The van der Waals surface area contributed by atoms with Gasteiger partial charge in [-0.2, -0.15) is 5.10 Å². The average Bonchev–Trinajstić information content (AvgIpc) is 2.18. The fourth-order valence-electron chi connectivity index (χ4n) is 0.920. The number of hydrogen-bond donors (Lipinski definition) is 0. The summed E-state index contributed by atoms with van der Waals surface area (Å²) in [7, 11) is 1.91. The quantitative estimate of drug-likeness (QED) is 0.385. The van der Waals surface area contributed by atoms with Gasteiger partial charge in [0.05, 0.1) is 0 Å². The highest BCUT2D eigenvalue weighted by molar-refractivity contribution is 5.82. The van der Waals surface area contributed by atoms with Crippen LogP contribution in [0, 0.1) is 0 Å². The zero-order chi connectivity index (χ0) is 11.0. The van der Waals surface area contributed by atoms with Gasteiger partial charge in [0.2, 0.25) is 0 Å². The van der Waals surface area contributed by atoms with Gasteiger partial charge in [0, 0.05) is 25.9 Å². The molecule has 0 spiro atoms. The SMILES string of the molecule is C/C=N\N(C)C(CC)=N/C=C(/C)CC. The zero-order valence-corrected chi connectivity index (χ0v) is 9.91. The fourth-order valence-corrected chi connectivity index (χ4v) is 0.920. The highest BCUT2D eigenvalue weighted by Gasteiger charge is 1.99. The number of aliphatic imine (C=N–C) groups is 1. The molecular weight excluding hydrogens is 174 g/mol. The first-order chi connectivity index (χ1) is 6.65. The monoisotopic (exact) mass is 195 g/mol. The number of rotatable bonds is 4. The molecule has 0 saturated carbocycles. The smallest absolute Gasteiger partial charge is 0.124 e. The number of amidine groups is 1. The van der Waals surface area contributed by atoms with Crippen molar-refractivity contribution in [2.75, 3.05) is 7.05 Å². The first-order valence-corrected chi connectivity index (χ1v) is 5.10. The Labute approximate surface area is 87.2 Å². The molecule has 0 fully saturated rings. The van der Waals surface area contributed by atoms with E-state index >= 15 is 0 Å². The van der Waals surface area contributed by atoms with Crippen LogP contribution in [0.1, 0.15) is 40.5 Å². The Morgan fingerprint density at radius 3 is 2.36 bits per heavy atom. The van der Waals surface area contributed by atoms with Crippen LogP contribution < -0.4 is 0 Å². The second-order valence-electron chi connectivity index (χ2n) is 3.13. The molecule has 0 radical (unpaired) electrons. The van der Waals surface area contributed by atoms with Crippen molar-refractivity contribution in [3.63, 3.8) is 0 Å². The molecule has 80 valence electrons. The van der Waals surface area contributed by atoms with Crippen molar-refractivity contribution in [1.82, 2.24) is 5.01 Å². The second kappa shape index (κ2) is 7.30. The van der Waals surface area contributed by atoms with E-state index in [0.717, 1.165) is 18.7 Å². The van der Waals surface area contributed by atoms with Crippen LogP contribution in [0.5, 0.6) is 0 Å². The molecule has 0 N–H and O–H groups in total. The van der Waals surface area contributed by atoms with Crippen molar-refractivity contribution in [2.24, 2.45) is 10.1 Å². The molecule has 0 atom stereocenters. The summed E-state index contributed by atoms with van der Waals surface area (Å²) in [6, 6.07) is 0. The first kappa shape index (κ1) is 12.9. The highest BCUT2D eigenvalue weighted by Crippen LogP contribution is 2.01. The Bertz CT molecular complexity index is 239. The van der Waals surface area contributed by atoms with Gasteiger partial charge in [0.15, 0.2) is 0 Å². The molecule has 0 aromatic carbocycles. The molecule has 0 amide bonds. The maximum atomic E-state index is 4.40. The van der Waals surface area contributed by atoms with Crippen molar-refractivity contribution in [3.05, 3.63) is 11.8 Å². The van der Waals surface area contributed by atoms with E-state index in [1.165, 1.54) is 5.57 Å². The lowest BCUT2D eigenvalue weighted by molar-refractivity contribution is 0.535. The second-order valence-corrected chi connectivity index (χ2v) is 3.13. The van der Waals surface area contributed by atoms with E-state index in [4.69, 9.17) is 0 Å². The summed E-state index contributed by atoms with van der Waals surface area (Å²) in [5.74, 6) is 0.982. The fraction of sp³-hybridized carbons (Fsp3) is 0.636.